The van der Waals surface area contributed by atoms with E-state index in [1.807, 2.05) is 49.1 Å². The number of nitrogens with zero attached hydrogens (tertiary/aromatic N) is 5. The van der Waals surface area contributed by atoms with Crippen molar-refractivity contribution in [2.45, 2.75) is 13.8 Å². The Morgan fingerprint density at radius 3 is 2.36 bits per heavy atom. The number of piperazine rings is 1. The molecular weight excluding hydrogens is 372 g/mol. The number of carbonyl (C=O) groups is 1. The topological polar surface area (TPSA) is 74.2 Å². The van der Waals surface area contributed by atoms with Crippen LogP contribution in [0.4, 0.5) is 15.6 Å². The third-order valence-electron chi connectivity index (χ3n) is 4.67. The van der Waals surface area contributed by atoms with Crippen molar-refractivity contribution < 1.29 is 4.79 Å². The van der Waals surface area contributed by atoms with Crippen LogP contribution in [0.5, 0.6) is 0 Å². The van der Waals surface area contributed by atoms with Crippen molar-refractivity contribution in [3.05, 3.63) is 53.9 Å². The summed E-state index contributed by atoms with van der Waals surface area (Å²) in [6, 6.07) is 13.8. The van der Waals surface area contributed by atoms with Crippen LogP contribution in [0.15, 0.2) is 42.5 Å². The lowest BCUT2D eigenvalue weighted by atomic mass is 10.2. The molecule has 2 aromatic heterocycles. The number of hydrogen-bond donors (Lipinski definition) is 1. The summed E-state index contributed by atoms with van der Waals surface area (Å²) >= 11 is 1.20. The normalized spacial score (nSPS) is 14.2. The van der Waals surface area contributed by atoms with E-state index >= 15 is 0 Å². The van der Waals surface area contributed by atoms with Gasteiger partial charge in [0, 0.05) is 60.4 Å². The maximum atomic E-state index is 12.6. The van der Waals surface area contributed by atoms with E-state index in [0.717, 1.165) is 30.0 Å². The molecule has 1 aliphatic heterocycles. The summed E-state index contributed by atoms with van der Waals surface area (Å²) in [5.74, 6) is 0.633. The minimum absolute atomic E-state index is 0.127. The molecule has 2 amide bonds. The van der Waals surface area contributed by atoms with E-state index < -0.39 is 0 Å². The van der Waals surface area contributed by atoms with Crippen LogP contribution in [0.2, 0.25) is 0 Å². The Balaban J connectivity index is 1.35. The maximum absolute atomic E-state index is 12.6. The highest BCUT2D eigenvalue weighted by Gasteiger charge is 2.22. The van der Waals surface area contributed by atoms with Crippen molar-refractivity contribution in [1.82, 2.24) is 19.2 Å². The average Bonchev–Trinajstić information content (AvgIpc) is 3.16. The molecule has 0 radical (unpaired) electrons. The smallest absolute Gasteiger partial charge is 0.323 e. The molecule has 0 saturated carbocycles. The lowest BCUT2D eigenvalue weighted by Gasteiger charge is -2.36. The van der Waals surface area contributed by atoms with Gasteiger partial charge >= 0.3 is 6.03 Å². The van der Waals surface area contributed by atoms with Crippen LogP contribution in [-0.2, 0) is 0 Å². The summed E-state index contributed by atoms with van der Waals surface area (Å²) in [7, 11) is 0. The van der Waals surface area contributed by atoms with Gasteiger partial charge in [-0.25, -0.2) is 4.79 Å². The standard InChI is InChI=1S/C20H22N6OS/c1-14-12-17(13-15(2)21-14)25-8-10-26(11-9-25)20(27)23-19-22-18(24-28-19)16-6-4-3-5-7-16/h3-7,12-13H,8-11H2,1-2H3,(H,22,23,24,27). The Morgan fingerprint density at radius 2 is 1.68 bits per heavy atom. The Morgan fingerprint density at radius 1 is 1.00 bits per heavy atom. The van der Waals surface area contributed by atoms with Gasteiger partial charge in [-0.2, -0.15) is 9.36 Å². The molecule has 1 fully saturated rings. The number of anilines is 2. The Bertz CT molecular complexity index is 946. The van der Waals surface area contributed by atoms with Crippen molar-refractivity contribution in [1.29, 1.82) is 0 Å². The third-order valence-corrected chi connectivity index (χ3v) is 5.30. The Kier molecular flexibility index (Phi) is 5.21. The molecule has 144 valence electrons. The summed E-state index contributed by atoms with van der Waals surface area (Å²) in [6.07, 6.45) is 0. The number of pyridine rings is 1. The van der Waals surface area contributed by atoms with Crippen molar-refractivity contribution in [3.8, 4) is 11.4 Å². The Hall–Kier alpha value is -3.00. The zero-order valence-electron chi connectivity index (χ0n) is 15.9. The summed E-state index contributed by atoms with van der Waals surface area (Å²) in [5, 5.41) is 3.40. The highest BCUT2D eigenvalue weighted by atomic mass is 32.1. The summed E-state index contributed by atoms with van der Waals surface area (Å²) in [6.45, 7) is 6.93. The quantitative estimate of drug-likeness (QED) is 0.735. The number of rotatable bonds is 3. The molecule has 4 rings (SSSR count). The fourth-order valence-electron chi connectivity index (χ4n) is 3.31. The van der Waals surface area contributed by atoms with Crippen LogP contribution in [0, 0.1) is 13.8 Å². The van der Waals surface area contributed by atoms with Crippen LogP contribution < -0.4 is 10.2 Å². The molecule has 3 aromatic rings. The van der Waals surface area contributed by atoms with Gasteiger partial charge in [0.05, 0.1) is 0 Å². The van der Waals surface area contributed by atoms with Gasteiger partial charge in [0.25, 0.3) is 0 Å². The summed E-state index contributed by atoms with van der Waals surface area (Å²) in [5.41, 5.74) is 4.14. The molecule has 0 unspecified atom stereocenters. The molecular formula is C20H22N6OS. The molecule has 0 aliphatic carbocycles. The van der Waals surface area contributed by atoms with E-state index in [1.54, 1.807) is 0 Å². The molecule has 8 heteroatoms. The number of amides is 2. The predicted octanol–water partition coefficient (Wildman–Crippen LogP) is 3.57. The van der Waals surface area contributed by atoms with Crippen LogP contribution in [0.1, 0.15) is 11.4 Å². The molecule has 0 spiro atoms. The minimum atomic E-state index is -0.127. The first-order chi connectivity index (χ1) is 13.6. The fraction of sp³-hybridized carbons (Fsp3) is 0.300. The van der Waals surface area contributed by atoms with Gasteiger partial charge in [0.15, 0.2) is 5.82 Å². The second-order valence-corrected chi connectivity index (χ2v) is 7.55. The van der Waals surface area contributed by atoms with Gasteiger partial charge in [-0.15, -0.1) is 0 Å². The van der Waals surface area contributed by atoms with Crippen LogP contribution in [0.25, 0.3) is 11.4 Å². The maximum Gasteiger partial charge on any atom is 0.323 e. The number of aromatic nitrogens is 3. The van der Waals surface area contributed by atoms with Crippen molar-refractivity contribution in [3.63, 3.8) is 0 Å². The van der Waals surface area contributed by atoms with Gasteiger partial charge in [-0.1, -0.05) is 30.3 Å². The van der Waals surface area contributed by atoms with Gasteiger partial charge in [-0.3, -0.25) is 10.3 Å². The predicted molar refractivity (Wildman–Crippen MR) is 112 cm³/mol. The van der Waals surface area contributed by atoms with Crippen LogP contribution in [0.3, 0.4) is 0 Å². The van der Waals surface area contributed by atoms with E-state index in [4.69, 9.17) is 0 Å². The molecule has 1 aromatic carbocycles. The molecule has 28 heavy (non-hydrogen) atoms. The number of aryl methyl sites for hydroxylation is 2. The first-order valence-electron chi connectivity index (χ1n) is 9.24. The number of urea groups is 1. The number of carbonyl (C=O) groups excluding carboxylic acids is 1. The SMILES string of the molecule is Cc1cc(N2CCN(C(=O)Nc3nc(-c4ccccc4)ns3)CC2)cc(C)n1. The van der Waals surface area contributed by atoms with E-state index in [0.29, 0.717) is 24.0 Å². The van der Waals surface area contributed by atoms with E-state index in [-0.39, 0.29) is 6.03 Å². The average molecular weight is 395 g/mol. The highest BCUT2D eigenvalue weighted by molar-refractivity contribution is 7.10. The lowest BCUT2D eigenvalue weighted by Crippen LogP contribution is -2.50. The van der Waals surface area contributed by atoms with Crippen LogP contribution >= 0.6 is 11.5 Å². The summed E-state index contributed by atoms with van der Waals surface area (Å²) < 4.78 is 4.34. The molecule has 0 bridgehead atoms. The molecule has 1 aliphatic rings. The Labute approximate surface area is 168 Å². The van der Waals surface area contributed by atoms with Crippen LogP contribution in [-0.4, -0.2) is 51.5 Å². The molecule has 1 N–H and O–H groups in total. The number of nitrogens with one attached hydrogen (secondary N) is 1. The monoisotopic (exact) mass is 394 g/mol. The summed E-state index contributed by atoms with van der Waals surface area (Å²) in [4.78, 5) is 25.6. The van der Waals surface area contributed by atoms with E-state index in [2.05, 4.69) is 36.7 Å². The molecule has 7 nitrogen and oxygen atoms in total. The van der Waals surface area contributed by atoms with E-state index in [9.17, 15) is 4.79 Å². The molecule has 3 heterocycles. The minimum Gasteiger partial charge on any atom is -0.368 e. The third kappa shape index (κ3) is 4.12. The molecule has 1 saturated heterocycles. The first kappa shape index (κ1) is 18.4. The molecule has 0 atom stereocenters. The van der Waals surface area contributed by atoms with Crippen molar-refractivity contribution in [2.24, 2.45) is 0 Å². The largest absolute Gasteiger partial charge is 0.368 e. The van der Waals surface area contributed by atoms with Crippen molar-refractivity contribution >= 4 is 28.4 Å². The number of hydrogen-bond acceptors (Lipinski definition) is 6. The van der Waals surface area contributed by atoms with Gasteiger partial charge < -0.3 is 9.80 Å². The van der Waals surface area contributed by atoms with Crippen molar-refractivity contribution in [2.75, 3.05) is 36.4 Å². The zero-order chi connectivity index (χ0) is 19.5. The zero-order valence-corrected chi connectivity index (χ0v) is 16.7. The number of benzene rings is 1. The van der Waals surface area contributed by atoms with Gasteiger partial charge in [0.2, 0.25) is 5.13 Å². The second-order valence-electron chi connectivity index (χ2n) is 6.80. The lowest BCUT2D eigenvalue weighted by molar-refractivity contribution is 0.208. The highest BCUT2D eigenvalue weighted by Crippen LogP contribution is 2.22. The second kappa shape index (κ2) is 7.93. The first-order valence-corrected chi connectivity index (χ1v) is 10.0. The van der Waals surface area contributed by atoms with Gasteiger partial charge in [0.1, 0.15) is 0 Å². The van der Waals surface area contributed by atoms with Gasteiger partial charge in [-0.05, 0) is 26.0 Å². The fourth-order valence-corrected chi connectivity index (χ4v) is 3.89. The van der Waals surface area contributed by atoms with E-state index in [1.165, 1.54) is 17.2 Å².